The quantitative estimate of drug-likeness (QED) is 0.0812. The Morgan fingerprint density at radius 1 is 0.837 bits per heavy atom. The van der Waals surface area contributed by atoms with Crippen LogP contribution in [0.2, 0.25) is 0 Å². The molecule has 5 rings (SSSR count). The molecule has 0 spiro atoms. The second-order valence-corrected chi connectivity index (χ2v) is 12.7. The predicted octanol–water partition coefficient (Wildman–Crippen LogP) is 6.81. The first kappa shape index (κ1) is 35.8. The zero-order valence-corrected chi connectivity index (χ0v) is 28.4. The molecular formula is C40H48N4O5. The van der Waals surface area contributed by atoms with Crippen LogP contribution in [-0.4, -0.2) is 41.5 Å². The summed E-state index contributed by atoms with van der Waals surface area (Å²) < 4.78 is 13.1. The molecule has 4 aromatic rings. The molecule has 4 atom stereocenters. The molecule has 2 amide bonds. The van der Waals surface area contributed by atoms with Crippen molar-refractivity contribution in [3.05, 3.63) is 131 Å². The number of rotatable bonds is 15. The maximum Gasteiger partial charge on any atom is 0.224 e. The van der Waals surface area contributed by atoms with Gasteiger partial charge >= 0.3 is 0 Å². The van der Waals surface area contributed by atoms with Gasteiger partial charge in [0.05, 0.1) is 30.2 Å². The summed E-state index contributed by atoms with van der Waals surface area (Å²) in [7, 11) is 2.12. The smallest absolute Gasteiger partial charge is 0.224 e. The third-order valence-electron chi connectivity index (χ3n) is 9.08. The number of likely N-dealkylation sites (N-methyl/N-ethyl adjacent to an activating group) is 1. The van der Waals surface area contributed by atoms with Crippen LogP contribution in [0.3, 0.4) is 0 Å². The van der Waals surface area contributed by atoms with Crippen LogP contribution in [0, 0.1) is 0 Å². The van der Waals surface area contributed by atoms with Crippen molar-refractivity contribution in [3.63, 3.8) is 0 Å². The summed E-state index contributed by atoms with van der Waals surface area (Å²) in [6.45, 7) is 3.35. The molecule has 1 fully saturated rings. The normalized spacial score (nSPS) is 18.2. The standard InChI is InChI=1S/C40H48N4O5/c1-28(31-10-4-3-5-11-31)44(2)26-34-24-37(32-20-18-30(27-45)19-21-32)49-40(48-34)33-22-16-29(17-23-33)25-42-38(46)14-8-9-15-39(47)43-36-13-7-6-12-35(36)41/h3-7,10-13,16-23,28,34,37,40,45H,8-9,14-15,24-27,41H2,1-2H3,(H,42,46)(H,43,47)/t28-,34+,37-,40-/m0/s1. The highest BCUT2D eigenvalue weighted by Crippen LogP contribution is 2.38. The van der Waals surface area contributed by atoms with Gasteiger partial charge in [0.1, 0.15) is 0 Å². The number of carbonyl (C=O) groups is 2. The van der Waals surface area contributed by atoms with E-state index in [0.717, 1.165) is 28.8 Å². The number of carbonyl (C=O) groups excluding carboxylic acids is 2. The summed E-state index contributed by atoms with van der Waals surface area (Å²) in [5, 5.41) is 15.3. The number of nitrogen functional groups attached to an aromatic ring is 1. The molecule has 1 aliphatic rings. The van der Waals surface area contributed by atoms with Crippen molar-refractivity contribution in [1.82, 2.24) is 10.2 Å². The average Bonchev–Trinajstić information content (AvgIpc) is 3.13. The minimum atomic E-state index is -0.555. The fraction of sp³-hybridized carbons (Fsp3) is 0.350. The maximum atomic E-state index is 12.5. The van der Waals surface area contributed by atoms with Crippen molar-refractivity contribution >= 4 is 23.2 Å². The van der Waals surface area contributed by atoms with E-state index in [-0.39, 0.29) is 36.7 Å². The monoisotopic (exact) mass is 664 g/mol. The third-order valence-corrected chi connectivity index (χ3v) is 9.08. The van der Waals surface area contributed by atoms with Gasteiger partial charge in [-0.25, -0.2) is 0 Å². The molecule has 258 valence electrons. The average molecular weight is 665 g/mol. The van der Waals surface area contributed by atoms with Gasteiger partial charge in [0.15, 0.2) is 6.29 Å². The molecule has 1 aliphatic heterocycles. The summed E-state index contributed by atoms with van der Waals surface area (Å²) in [5.41, 5.74) is 12.1. The zero-order valence-electron chi connectivity index (χ0n) is 28.4. The summed E-state index contributed by atoms with van der Waals surface area (Å²) in [4.78, 5) is 27.0. The van der Waals surface area contributed by atoms with Crippen LogP contribution < -0.4 is 16.4 Å². The number of nitrogens with one attached hydrogen (secondary N) is 2. The van der Waals surface area contributed by atoms with Crippen molar-refractivity contribution in [1.29, 1.82) is 0 Å². The van der Waals surface area contributed by atoms with Crippen molar-refractivity contribution in [2.24, 2.45) is 0 Å². The summed E-state index contributed by atoms with van der Waals surface area (Å²) >= 11 is 0. The number of hydrogen-bond acceptors (Lipinski definition) is 7. The van der Waals surface area contributed by atoms with Crippen LogP contribution in [0.25, 0.3) is 0 Å². The van der Waals surface area contributed by atoms with Crippen LogP contribution in [0.5, 0.6) is 0 Å². The first-order valence-electron chi connectivity index (χ1n) is 17.0. The lowest BCUT2D eigenvalue weighted by atomic mass is 9.99. The number of para-hydroxylation sites is 2. The number of benzene rings is 4. The second-order valence-electron chi connectivity index (χ2n) is 12.7. The largest absolute Gasteiger partial charge is 0.397 e. The first-order valence-corrected chi connectivity index (χ1v) is 17.0. The fourth-order valence-electron chi connectivity index (χ4n) is 5.97. The van der Waals surface area contributed by atoms with Crippen LogP contribution in [0.15, 0.2) is 103 Å². The Morgan fingerprint density at radius 3 is 2.16 bits per heavy atom. The lowest BCUT2D eigenvalue weighted by Gasteiger charge is -2.39. The van der Waals surface area contributed by atoms with Gasteiger partial charge in [-0.3, -0.25) is 14.5 Å². The maximum absolute atomic E-state index is 12.5. The van der Waals surface area contributed by atoms with Gasteiger partial charge in [0.2, 0.25) is 11.8 Å². The van der Waals surface area contributed by atoms with Crippen LogP contribution >= 0.6 is 0 Å². The molecule has 1 heterocycles. The number of hydrogen-bond donors (Lipinski definition) is 4. The van der Waals surface area contributed by atoms with E-state index < -0.39 is 6.29 Å². The van der Waals surface area contributed by atoms with E-state index in [1.165, 1.54) is 5.56 Å². The minimum Gasteiger partial charge on any atom is -0.397 e. The molecule has 49 heavy (non-hydrogen) atoms. The molecule has 0 radical (unpaired) electrons. The number of nitrogens with two attached hydrogens (primary N) is 1. The number of anilines is 2. The number of unbranched alkanes of at least 4 members (excludes halogenated alkanes) is 1. The summed E-state index contributed by atoms with van der Waals surface area (Å²) in [5.74, 6) is -0.169. The van der Waals surface area contributed by atoms with Gasteiger partial charge in [0, 0.05) is 44.0 Å². The molecule has 9 nitrogen and oxygen atoms in total. The number of aliphatic hydroxyl groups is 1. The highest BCUT2D eigenvalue weighted by molar-refractivity contribution is 5.93. The summed E-state index contributed by atoms with van der Waals surface area (Å²) in [6.07, 6.45) is 1.81. The van der Waals surface area contributed by atoms with Crippen molar-refractivity contribution in [2.75, 3.05) is 24.6 Å². The van der Waals surface area contributed by atoms with Crippen molar-refractivity contribution in [3.8, 4) is 0 Å². The van der Waals surface area contributed by atoms with E-state index in [2.05, 4.69) is 53.8 Å². The first-order chi connectivity index (χ1) is 23.8. The molecule has 4 aromatic carbocycles. The van der Waals surface area contributed by atoms with Crippen LogP contribution in [0.4, 0.5) is 11.4 Å². The van der Waals surface area contributed by atoms with Gasteiger partial charge in [-0.1, -0.05) is 91.0 Å². The molecule has 9 heteroatoms. The third kappa shape index (κ3) is 10.5. The molecule has 0 unspecified atom stereocenters. The van der Waals surface area contributed by atoms with Gasteiger partial charge in [-0.2, -0.15) is 0 Å². The van der Waals surface area contributed by atoms with E-state index in [0.29, 0.717) is 50.0 Å². The molecule has 0 aromatic heterocycles. The molecule has 0 aliphatic carbocycles. The number of aliphatic hydroxyl groups excluding tert-OH is 1. The zero-order chi connectivity index (χ0) is 34.6. The Balaban J connectivity index is 1.13. The minimum absolute atomic E-state index is 0.000684. The van der Waals surface area contributed by atoms with E-state index in [1.807, 2.05) is 66.7 Å². The highest BCUT2D eigenvalue weighted by Gasteiger charge is 2.33. The predicted molar refractivity (Wildman–Crippen MR) is 192 cm³/mol. The van der Waals surface area contributed by atoms with Crippen molar-refractivity contribution < 1.29 is 24.2 Å². The Morgan fingerprint density at radius 2 is 1.47 bits per heavy atom. The van der Waals surface area contributed by atoms with E-state index in [4.69, 9.17) is 15.2 Å². The molecule has 1 saturated heterocycles. The molecule has 5 N–H and O–H groups in total. The van der Waals surface area contributed by atoms with E-state index in [1.54, 1.807) is 12.1 Å². The highest BCUT2D eigenvalue weighted by atomic mass is 16.7. The Kier molecular flexibility index (Phi) is 12.9. The second kappa shape index (κ2) is 17.7. The number of amides is 2. The Labute approximate surface area is 289 Å². The van der Waals surface area contributed by atoms with Gasteiger partial charge < -0.3 is 30.9 Å². The Hall–Kier alpha value is -4.54. The lowest BCUT2D eigenvalue weighted by Crippen LogP contribution is -2.38. The lowest BCUT2D eigenvalue weighted by molar-refractivity contribution is -0.253. The topological polar surface area (TPSA) is 126 Å². The SMILES string of the molecule is C[C@@H](c1ccccc1)N(C)C[C@H]1C[C@@H](c2ccc(CO)cc2)O[C@@H](c2ccc(CNC(=O)CCCCC(=O)Nc3ccccc3N)cc2)O1. The van der Waals surface area contributed by atoms with E-state index in [9.17, 15) is 14.7 Å². The van der Waals surface area contributed by atoms with Crippen molar-refractivity contribution in [2.45, 2.75) is 76.7 Å². The summed E-state index contributed by atoms with van der Waals surface area (Å²) in [6, 6.07) is 33.7. The van der Waals surface area contributed by atoms with Gasteiger partial charge in [-0.15, -0.1) is 0 Å². The number of ether oxygens (including phenoxy) is 2. The van der Waals surface area contributed by atoms with Crippen LogP contribution in [0.1, 0.15) is 85.3 Å². The molecule has 0 bridgehead atoms. The Bertz CT molecular complexity index is 1630. The van der Waals surface area contributed by atoms with Gasteiger partial charge in [0.25, 0.3) is 0 Å². The fourth-order valence-corrected chi connectivity index (χ4v) is 5.97. The van der Waals surface area contributed by atoms with Gasteiger partial charge in [-0.05, 0) is 61.2 Å². The molecule has 0 saturated carbocycles. The van der Waals surface area contributed by atoms with E-state index >= 15 is 0 Å². The van der Waals surface area contributed by atoms with Crippen LogP contribution in [-0.2, 0) is 32.2 Å². The number of nitrogens with zero attached hydrogens (tertiary/aromatic N) is 1. The molecular weight excluding hydrogens is 616 g/mol.